The Morgan fingerprint density at radius 1 is 1.27 bits per heavy atom. The van der Waals surface area contributed by atoms with Crippen molar-refractivity contribution < 1.29 is 15.0 Å². The molecule has 1 aromatic heterocycles. The van der Waals surface area contributed by atoms with Crippen molar-refractivity contribution in [2.24, 2.45) is 0 Å². The third kappa shape index (κ3) is 3.09. The SMILES string of the molecule is CCN(CCO)c1nn(-c2ccc(C)c(C)c2)nc1C(=O)O. The second-order valence-corrected chi connectivity index (χ2v) is 5.04. The van der Waals surface area contributed by atoms with E-state index >= 15 is 0 Å². The maximum Gasteiger partial charge on any atom is 0.360 e. The smallest absolute Gasteiger partial charge is 0.360 e. The van der Waals surface area contributed by atoms with E-state index < -0.39 is 5.97 Å². The molecule has 118 valence electrons. The Kier molecular flexibility index (Phi) is 4.77. The molecule has 0 saturated carbocycles. The largest absolute Gasteiger partial charge is 0.476 e. The second kappa shape index (κ2) is 6.57. The molecule has 7 nitrogen and oxygen atoms in total. The second-order valence-electron chi connectivity index (χ2n) is 5.04. The first-order valence-electron chi connectivity index (χ1n) is 7.12. The van der Waals surface area contributed by atoms with Crippen molar-refractivity contribution in [1.29, 1.82) is 0 Å². The minimum Gasteiger partial charge on any atom is -0.476 e. The van der Waals surface area contributed by atoms with Crippen LogP contribution >= 0.6 is 0 Å². The zero-order chi connectivity index (χ0) is 16.3. The number of carbonyl (C=O) groups is 1. The lowest BCUT2D eigenvalue weighted by atomic mass is 10.1. The van der Waals surface area contributed by atoms with Crippen LogP contribution in [-0.2, 0) is 0 Å². The number of aliphatic hydroxyl groups is 1. The number of hydrogen-bond acceptors (Lipinski definition) is 5. The summed E-state index contributed by atoms with van der Waals surface area (Å²) in [5.74, 6) is -0.872. The molecule has 2 rings (SSSR count). The van der Waals surface area contributed by atoms with Gasteiger partial charge in [-0.1, -0.05) is 6.07 Å². The lowest BCUT2D eigenvalue weighted by Gasteiger charge is -2.18. The highest BCUT2D eigenvalue weighted by Gasteiger charge is 2.22. The van der Waals surface area contributed by atoms with Gasteiger partial charge in [-0.25, -0.2) is 4.79 Å². The van der Waals surface area contributed by atoms with Gasteiger partial charge in [-0.3, -0.25) is 0 Å². The molecule has 0 fully saturated rings. The summed E-state index contributed by atoms with van der Waals surface area (Å²) in [6.07, 6.45) is 0. The molecule has 7 heteroatoms. The van der Waals surface area contributed by atoms with Crippen molar-refractivity contribution in [3.8, 4) is 5.69 Å². The molecule has 1 aromatic carbocycles. The van der Waals surface area contributed by atoms with Crippen molar-refractivity contribution in [2.75, 3.05) is 24.6 Å². The fourth-order valence-electron chi connectivity index (χ4n) is 2.15. The first kappa shape index (κ1) is 16.0. The zero-order valence-corrected chi connectivity index (χ0v) is 12.9. The number of aromatic carboxylic acids is 1. The predicted octanol–water partition coefficient (Wildman–Crippen LogP) is 1.40. The maximum atomic E-state index is 11.4. The molecule has 0 aliphatic heterocycles. The van der Waals surface area contributed by atoms with Crippen molar-refractivity contribution in [1.82, 2.24) is 15.0 Å². The summed E-state index contributed by atoms with van der Waals surface area (Å²) in [4.78, 5) is 14.4. The highest BCUT2D eigenvalue weighted by molar-refractivity contribution is 5.91. The van der Waals surface area contributed by atoms with Crippen LogP contribution in [0.25, 0.3) is 5.69 Å². The van der Waals surface area contributed by atoms with E-state index in [2.05, 4.69) is 10.2 Å². The Balaban J connectivity index is 2.50. The number of anilines is 1. The predicted molar refractivity (Wildman–Crippen MR) is 82.8 cm³/mol. The van der Waals surface area contributed by atoms with Crippen LogP contribution in [-0.4, -0.2) is 50.9 Å². The zero-order valence-electron chi connectivity index (χ0n) is 12.9. The lowest BCUT2D eigenvalue weighted by Crippen LogP contribution is -2.28. The molecule has 0 radical (unpaired) electrons. The Bertz CT molecular complexity index is 681. The van der Waals surface area contributed by atoms with Crippen molar-refractivity contribution >= 4 is 11.8 Å². The molecule has 0 bridgehead atoms. The van der Waals surface area contributed by atoms with Gasteiger partial charge in [0.15, 0.2) is 5.82 Å². The van der Waals surface area contributed by atoms with E-state index in [1.54, 1.807) is 4.90 Å². The van der Waals surface area contributed by atoms with Gasteiger partial charge in [-0.2, -0.15) is 0 Å². The number of nitrogens with zero attached hydrogens (tertiary/aromatic N) is 4. The first-order valence-corrected chi connectivity index (χ1v) is 7.12. The number of carboxylic acids is 1. The fraction of sp³-hybridized carbons (Fsp3) is 0.400. The van der Waals surface area contributed by atoms with Crippen LogP contribution in [0.15, 0.2) is 18.2 Å². The Hall–Kier alpha value is -2.41. The minimum absolute atomic E-state index is 0.0800. The summed E-state index contributed by atoms with van der Waals surface area (Å²) >= 11 is 0. The number of likely N-dealkylation sites (N-methyl/N-ethyl adjacent to an activating group) is 1. The van der Waals surface area contributed by atoms with Gasteiger partial charge in [0.05, 0.1) is 12.3 Å². The molecule has 0 unspecified atom stereocenters. The summed E-state index contributed by atoms with van der Waals surface area (Å²) in [5.41, 5.74) is 2.81. The number of hydrogen-bond donors (Lipinski definition) is 2. The van der Waals surface area contributed by atoms with E-state index in [1.165, 1.54) is 4.80 Å². The van der Waals surface area contributed by atoms with Crippen LogP contribution in [0.4, 0.5) is 5.82 Å². The Labute approximate surface area is 128 Å². The third-order valence-electron chi connectivity index (χ3n) is 3.57. The van der Waals surface area contributed by atoms with Crippen LogP contribution in [0.5, 0.6) is 0 Å². The normalized spacial score (nSPS) is 10.7. The molecule has 1 heterocycles. The Morgan fingerprint density at radius 3 is 2.55 bits per heavy atom. The third-order valence-corrected chi connectivity index (χ3v) is 3.57. The molecule has 2 aromatic rings. The van der Waals surface area contributed by atoms with Gasteiger partial charge in [-0.05, 0) is 44.0 Å². The van der Waals surface area contributed by atoms with Gasteiger partial charge >= 0.3 is 5.97 Å². The first-order chi connectivity index (χ1) is 10.5. The van der Waals surface area contributed by atoms with Crippen LogP contribution in [0.3, 0.4) is 0 Å². The molecule has 0 spiro atoms. The minimum atomic E-state index is -1.14. The van der Waals surface area contributed by atoms with Gasteiger partial charge in [-0.15, -0.1) is 15.0 Å². The number of benzene rings is 1. The molecule has 22 heavy (non-hydrogen) atoms. The molecule has 0 aliphatic rings. The highest BCUT2D eigenvalue weighted by atomic mass is 16.4. The standard InChI is InChI=1S/C15H20N4O3/c1-4-18(7-8-20)14-13(15(21)22)16-19(17-14)12-6-5-10(2)11(3)9-12/h5-6,9,20H,4,7-8H2,1-3H3,(H,21,22). The molecule has 0 saturated heterocycles. The summed E-state index contributed by atoms with van der Waals surface area (Å²) in [6, 6.07) is 5.70. The molecule has 0 aliphatic carbocycles. The van der Waals surface area contributed by atoms with Crippen molar-refractivity contribution in [3.63, 3.8) is 0 Å². The van der Waals surface area contributed by atoms with Crippen LogP contribution in [0, 0.1) is 13.8 Å². The molecular formula is C15H20N4O3. The summed E-state index contributed by atoms with van der Waals surface area (Å²) in [5, 5.41) is 26.8. The quantitative estimate of drug-likeness (QED) is 0.838. The van der Waals surface area contributed by atoms with Crippen LogP contribution in [0.2, 0.25) is 0 Å². The van der Waals surface area contributed by atoms with E-state index in [4.69, 9.17) is 5.11 Å². The van der Waals surface area contributed by atoms with E-state index in [0.717, 1.165) is 11.1 Å². The summed E-state index contributed by atoms with van der Waals surface area (Å²) < 4.78 is 0. The number of aryl methyl sites for hydroxylation is 2. The van der Waals surface area contributed by atoms with Gasteiger partial charge < -0.3 is 15.1 Å². The Morgan fingerprint density at radius 2 is 2.00 bits per heavy atom. The van der Waals surface area contributed by atoms with E-state index in [1.807, 2.05) is 39.0 Å². The van der Waals surface area contributed by atoms with Crippen molar-refractivity contribution in [3.05, 3.63) is 35.0 Å². The van der Waals surface area contributed by atoms with E-state index in [9.17, 15) is 9.90 Å². The van der Waals surface area contributed by atoms with Gasteiger partial charge in [0, 0.05) is 13.1 Å². The topological polar surface area (TPSA) is 91.5 Å². The summed E-state index contributed by atoms with van der Waals surface area (Å²) in [6.45, 7) is 6.61. The number of aliphatic hydroxyl groups excluding tert-OH is 1. The average Bonchev–Trinajstić information content (AvgIpc) is 2.92. The monoisotopic (exact) mass is 304 g/mol. The lowest BCUT2D eigenvalue weighted by molar-refractivity contribution is 0.0690. The fourth-order valence-corrected chi connectivity index (χ4v) is 2.15. The average molecular weight is 304 g/mol. The maximum absolute atomic E-state index is 11.4. The number of carboxylic acid groups (broad SMARTS) is 1. The molecular weight excluding hydrogens is 284 g/mol. The van der Waals surface area contributed by atoms with Gasteiger partial charge in [0.2, 0.25) is 5.69 Å². The van der Waals surface area contributed by atoms with Crippen LogP contribution < -0.4 is 4.90 Å². The van der Waals surface area contributed by atoms with E-state index in [0.29, 0.717) is 18.8 Å². The molecule has 0 atom stereocenters. The van der Waals surface area contributed by atoms with E-state index in [-0.39, 0.29) is 18.1 Å². The van der Waals surface area contributed by atoms with Gasteiger partial charge in [0.25, 0.3) is 0 Å². The van der Waals surface area contributed by atoms with Gasteiger partial charge in [0.1, 0.15) is 0 Å². The van der Waals surface area contributed by atoms with Crippen LogP contribution in [0.1, 0.15) is 28.5 Å². The highest BCUT2D eigenvalue weighted by Crippen LogP contribution is 2.19. The summed E-state index contributed by atoms with van der Waals surface area (Å²) in [7, 11) is 0. The molecule has 2 N–H and O–H groups in total. The van der Waals surface area contributed by atoms with Crippen molar-refractivity contribution in [2.45, 2.75) is 20.8 Å². The number of aromatic nitrogens is 3. The molecule has 0 amide bonds. The number of rotatable bonds is 6.